The Morgan fingerprint density at radius 3 is 2.17 bits per heavy atom. The van der Waals surface area contributed by atoms with Gasteiger partial charge in [-0.25, -0.2) is 0 Å². The quantitative estimate of drug-likeness (QED) is 0.307. The molecule has 0 saturated carbocycles. The highest BCUT2D eigenvalue weighted by Crippen LogP contribution is 2.40. The van der Waals surface area contributed by atoms with Crippen LogP contribution in [0.25, 0.3) is 0 Å². The number of fused-ring (bicyclic) bond motifs is 2. The highest BCUT2D eigenvalue weighted by molar-refractivity contribution is 6.21. The lowest BCUT2D eigenvalue weighted by Crippen LogP contribution is -2.68. The first-order chi connectivity index (χ1) is 19.5. The fraction of sp³-hybridized carbons (Fsp3) is 0.312. The van der Waals surface area contributed by atoms with Gasteiger partial charge in [0.05, 0.1) is 30.1 Å². The number of nitrogens with zero attached hydrogens (tertiary/aromatic N) is 1. The molecule has 2 amide bonds. The Morgan fingerprint density at radius 1 is 0.900 bits per heavy atom. The Morgan fingerprint density at radius 2 is 1.52 bits per heavy atom. The molecule has 3 aliphatic heterocycles. The molecule has 206 valence electrons. The first kappa shape index (κ1) is 26.4. The van der Waals surface area contributed by atoms with Gasteiger partial charge in [-0.1, -0.05) is 72.8 Å². The molecule has 3 aliphatic rings. The number of carbonyl (C=O) groups is 2. The summed E-state index contributed by atoms with van der Waals surface area (Å²) in [5.41, 5.74) is 2.48. The van der Waals surface area contributed by atoms with Crippen LogP contribution in [-0.4, -0.2) is 54.0 Å². The fourth-order valence-electron chi connectivity index (χ4n) is 5.40. The second-order valence-corrected chi connectivity index (χ2v) is 10.0. The van der Waals surface area contributed by atoms with Crippen LogP contribution in [0.2, 0.25) is 0 Å². The molecule has 2 fully saturated rings. The minimum atomic E-state index is -0.999. The minimum Gasteiger partial charge on any atom is -0.468 e. The maximum atomic E-state index is 13.7. The van der Waals surface area contributed by atoms with Crippen LogP contribution < -0.4 is 0 Å². The molecule has 3 heterocycles. The number of benzene rings is 3. The predicted molar refractivity (Wildman–Crippen MR) is 145 cm³/mol. The molecule has 0 N–H and O–H groups in total. The number of carbonyl (C=O) groups excluding carboxylic acids is 2. The van der Waals surface area contributed by atoms with Crippen molar-refractivity contribution in [2.45, 2.75) is 57.4 Å². The molecule has 8 nitrogen and oxygen atoms in total. The Kier molecular flexibility index (Phi) is 7.49. The van der Waals surface area contributed by atoms with Gasteiger partial charge in [0.25, 0.3) is 11.8 Å². The van der Waals surface area contributed by atoms with Crippen LogP contribution in [0.15, 0.2) is 96.8 Å². The zero-order valence-electron chi connectivity index (χ0n) is 22.3. The lowest BCUT2D eigenvalue weighted by Gasteiger charge is -2.50. The Labute approximate surface area is 233 Å². The minimum absolute atomic E-state index is 0.221. The average molecular weight is 542 g/mol. The summed E-state index contributed by atoms with van der Waals surface area (Å²) in [6.07, 6.45) is -1.84. The van der Waals surface area contributed by atoms with E-state index in [1.807, 2.05) is 67.6 Å². The lowest BCUT2D eigenvalue weighted by molar-refractivity contribution is -0.350. The van der Waals surface area contributed by atoms with Crippen molar-refractivity contribution in [2.24, 2.45) is 0 Å². The fourth-order valence-corrected chi connectivity index (χ4v) is 5.40. The van der Waals surface area contributed by atoms with Gasteiger partial charge in [-0.05, 0) is 37.6 Å². The van der Waals surface area contributed by atoms with Gasteiger partial charge < -0.3 is 23.7 Å². The summed E-state index contributed by atoms with van der Waals surface area (Å²) < 4.78 is 31.8. The zero-order chi connectivity index (χ0) is 27.6. The molecular weight excluding hydrogens is 510 g/mol. The molecule has 6 atom stereocenters. The zero-order valence-corrected chi connectivity index (χ0v) is 22.3. The van der Waals surface area contributed by atoms with Crippen LogP contribution in [-0.2, 0) is 30.3 Å². The Bertz CT molecular complexity index is 1360. The normalized spacial score (nSPS) is 28.2. The summed E-state index contributed by atoms with van der Waals surface area (Å²) in [5.74, 6) is -0.245. The van der Waals surface area contributed by atoms with Crippen molar-refractivity contribution < 1.29 is 33.3 Å². The number of imide groups is 1. The third kappa shape index (κ3) is 4.95. The molecule has 0 radical (unpaired) electrons. The number of hydrogen-bond donors (Lipinski definition) is 0. The first-order valence-corrected chi connectivity index (χ1v) is 13.4. The van der Waals surface area contributed by atoms with Crippen LogP contribution in [0.3, 0.4) is 0 Å². The molecule has 0 bridgehead atoms. The van der Waals surface area contributed by atoms with E-state index < -0.39 is 48.7 Å². The van der Waals surface area contributed by atoms with Gasteiger partial charge in [0, 0.05) is 5.56 Å². The highest BCUT2D eigenvalue weighted by atomic mass is 16.8. The molecule has 0 aromatic heterocycles. The monoisotopic (exact) mass is 541 g/mol. The van der Waals surface area contributed by atoms with E-state index >= 15 is 0 Å². The summed E-state index contributed by atoms with van der Waals surface area (Å²) in [6, 6.07) is 25.2. The van der Waals surface area contributed by atoms with Gasteiger partial charge in [0.15, 0.2) is 6.29 Å². The third-order valence-corrected chi connectivity index (χ3v) is 7.50. The summed E-state index contributed by atoms with van der Waals surface area (Å²) in [5, 5.41) is 0. The van der Waals surface area contributed by atoms with E-state index in [9.17, 15) is 9.59 Å². The van der Waals surface area contributed by atoms with Gasteiger partial charge >= 0.3 is 0 Å². The molecule has 3 aromatic rings. The summed E-state index contributed by atoms with van der Waals surface area (Å²) >= 11 is 0. The number of allylic oxidation sites excluding steroid dienone is 2. The van der Waals surface area contributed by atoms with Crippen LogP contribution in [0.5, 0.6) is 0 Å². The molecular formula is C32H31NO7. The average Bonchev–Trinajstić information content (AvgIpc) is 3.25. The number of ether oxygens (including phenoxy) is 5. The largest absolute Gasteiger partial charge is 0.468 e. The van der Waals surface area contributed by atoms with E-state index in [0.29, 0.717) is 16.9 Å². The smallest absolute Gasteiger partial charge is 0.262 e. The Hall–Kier alpha value is -3.82. The van der Waals surface area contributed by atoms with E-state index in [2.05, 4.69) is 0 Å². The van der Waals surface area contributed by atoms with Crippen LogP contribution in [0, 0.1) is 0 Å². The molecule has 3 aromatic carbocycles. The van der Waals surface area contributed by atoms with Gasteiger partial charge in [-0.3, -0.25) is 14.5 Å². The lowest BCUT2D eigenvalue weighted by atomic mass is 9.94. The molecule has 1 unspecified atom stereocenters. The molecule has 6 rings (SSSR count). The maximum absolute atomic E-state index is 13.7. The van der Waals surface area contributed by atoms with E-state index in [4.69, 9.17) is 23.7 Å². The number of hydrogen-bond acceptors (Lipinski definition) is 7. The number of rotatable bonds is 7. The van der Waals surface area contributed by atoms with Gasteiger partial charge in [-0.2, -0.15) is 0 Å². The molecule has 40 heavy (non-hydrogen) atoms. The molecule has 8 heteroatoms. The Balaban J connectivity index is 1.40. The first-order valence-electron chi connectivity index (χ1n) is 13.4. The van der Waals surface area contributed by atoms with E-state index in [-0.39, 0.29) is 13.2 Å². The van der Waals surface area contributed by atoms with Crippen molar-refractivity contribution in [3.63, 3.8) is 0 Å². The topological polar surface area (TPSA) is 83.5 Å². The molecule has 0 spiro atoms. The molecule has 0 aliphatic carbocycles. The summed E-state index contributed by atoms with van der Waals surface area (Å²) in [7, 11) is 0. The van der Waals surface area contributed by atoms with Gasteiger partial charge in [-0.15, -0.1) is 0 Å². The van der Waals surface area contributed by atoms with Crippen molar-refractivity contribution in [1.82, 2.24) is 4.90 Å². The second kappa shape index (κ2) is 11.3. The second-order valence-electron chi connectivity index (χ2n) is 10.0. The standard InChI is InChI=1S/C32H31NO7/c1-3-20(2)38-32-26(33-29(34)23-16-10-11-17-24(23)30(33)35)28(36-18-21-12-6-4-7-13-21)27-25(39-32)19-37-31(40-27)22-14-8-5-9-15-22/h3-17,25-28,31-32H,18-19H2,1-2H3/b20-3-/t25-,26-,27-,28-,31?,32-/m1/s1. The van der Waals surface area contributed by atoms with E-state index in [1.54, 1.807) is 37.3 Å². The van der Waals surface area contributed by atoms with Crippen molar-refractivity contribution in [1.29, 1.82) is 0 Å². The van der Waals surface area contributed by atoms with Crippen molar-refractivity contribution in [3.05, 3.63) is 119 Å². The maximum Gasteiger partial charge on any atom is 0.262 e. The van der Waals surface area contributed by atoms with Crippen LogP contribution in [0.4, 0.5) is 0 Å². The van der Waals surface area contributed by atoms with Crippen LogP contribution in [0.1, 0.15) is 52.0 Å². The number of amides is 2. The van der Waals surface area contributed by atoms with Crippen molar-refractivity contribution in [3.8, 4) is 0 Å². The summed E-state index contributed by atoms with van der Waals surface area (Å²) in [4.78, 5) is 28.7. The highest BCUT2D eigenvalue weighted by Gasteiger charge is 2.57. The SMILES string of the molecule is C/C=C(/C)O[C@@H]1O[C@@H]2COC(c3ccccc3)O[C@H]2[C@H](OCc2ccccc2)[C@H]1N1C(=O)c2ccccc2C1=O. The van der Waals surface area contributed by atoms with Gasteiger partial charge in [0.2, 0.25) is 6.29 Å². The third-order valence-electron chi connectivity index (χ3n) is 7.50. The van der Waals surface area contributed by atoms with Gasteiger partial charge in [0.1, 0.15) is 24.4 Å². The van der Waals surface area contributed by atoms with Crippen molar-refractivity contribution >= 4 is 11.8 Å². The van der Waals surface area contributed by atoms with Crippen LogP contribution >= 0.6 is 0 Å². The van der Waals surface area contributed by atoms with E-state index in [1.165, 1.54) is 4.90 Å². The molecule has 2 saturated heterocycles. The van der Waals surface area contributed by atoms with E-state index in [0.717, 1.165) is 11.1 Å². The predicted octanol–water partition coefficient (Wildman–Crippen LogP) is 5.02. The summed E-state index contributed by atoms with van der Waals surface area (Å²) in [6.45, 7) is 4.11. The van der Waals surface area contributed by atoms with Crippen molar-refractivity contribution in [2.75, 3.05) is 6.61 Å².